The molecule has 0 aliphatic carbocycles. The summed E-state index contributed by atoms with van der Waals surface area (Å²) in [6, 6.07) is 15.6. The van der Waals surface area contributed by atoms with Crippen LogP contribution >= 0.6 is 11.3 Å². The minimum atomic E-state index is -0.604. The standard InChI is InChI=1S/C29H29N3O3S/c1-6-35-28(34)25-18(5)31-29-32(26(25)20-13-11-19(12-14-20)16(2)3)27(33)24(36-29)15-22-17(4)30-23-10-8-7-9-21(22)23/h7-16,26,30H,6H2,1-5H3/b24-15-. The van der Waals surface area contributed by atoms with Crippen molar-refractivity contribution < 1.29 is 9.53 Å². The predicted octanol–water partition coefficient (Wildman–Crippen LogP) is 4.71. The number of hydrogen-bond acceptors (Lipinski definition) is 5. The fourth-order valence-corrected chi connectivity index (χ4v) is 5.81. The van der Waals surface area contributed by atoms with Gasteiger partial charge in [0.1, 0.15) is 0 Å². The Balaban J connectivity index is 1.74. The van der Waals surface area contributed by atoms with Crippen LogP contribution in [0.15, 0.2) is 69.6 Å². The van der Waals surface area contributed by atoms with E-state index in [0.717, 1.165) is 27.7 Å². The number of aromatic nitrogens is 2. The molecule has 36 heavy (non-hydrogen) atoms. The highest BCUT2D eigenvalue weighted by Crippen LogP contribution is 2.31. The van der Waals surface area contributed by atoms with Crippen LogP contribution in [-0.4, -0.2) is 22.1 Å². The summed E-state index contributed by atoms with van der Waals surface area (Å²) >= 11 is 1.34. The maximum absolute atomic E-state index is 13.9. The molecule has 1 N–H and O–H groups in total. The maximum atomic E-state index is 13.9. The van der Waals surface area contributed by atoms with Gasteiger partial charge in [-0.25, -0.2) is 9.79 Å². The molecular formula is C29H29N3O3S. The molecule has 0 saturated carbocycles. The molecule has 1 unspecified atom stereocenters. The van der Waals surface area contributed by atoms with E-state index in [0.29, 0.717) is 26.5 Å². The van der Waals surface area contributed by atoms with Crippen LogP contribution in [0.3, 0.4) is 0 Å². The zero-order chi connectivity index (χ0) is 25.6. The maximum Gasteiger partial charge on any atom is 0.338 e. The summed E-state index contributed by atoms with van der Waals surface area (Å²) in [5, 5.41) is 1.06. The van der Waals surface area contributed by atoms with Crippen LogP contribution in [0.2, 0.25) is 0 Å². The molecular weight excluding hydrogens is 470 g/mol. The molecule has 2 aromatic carbocycles. The number of aryl methyl sites for hydroxylation is 1. The summed E-state index contributed by atoms with van der Waals surface area (Å²) in [6.45, 7) is 10.1. The summed E-state index contributed by atoms with van der Waals surface area (Å²) in [5.74, 6) is -0.0688. The summed E-state index contributed by atoms with van der Waals surface area (Å²) in [4.78, 5) is 35.6. The van der Waals surface area contributed by atoms with Crippen molar-refractivity contribution in [2.24, 2.45) is 4.99 Å². The smallest absolute Gasteiger partial charge is 0.338 e. The molecule has 6 nitrogen and oxygen atoms in total. The molecule has 0 radical (unpaired) electrons. The highest BCUT2D eigenvalue weighted by molar-refractivity contribution is 7.07. The SMILES string of the molecule is CCOC(=O)C1=C(C)N=c2s/c(=C\c3c(C)[nH]c4ccccc34)c(=O)n2C1c1ccc(C(C)C)cc1. The lowest BCUT2D eigenvalue weighted by Crippen LogP contribution is -2.39. The number of hydrogen-bond donors (Lipinski definition) is 1. The van der Waals surface area contributed by atoms with Gasteiger partial charge in [-0.1, -0.05) is 67.6 Å². The highest BCUT2D eigenvalue weighted by Gasteiger charge is 2.33. The molecule has 3 heterocycles. The van der Waals surface area contributed by atoms with Crippen molar-refractivity contribution in [3.05, 3.63) is 102 Å². The molecule has 0 spiro atoms. The third kappa shape index (κ3) is 4.03. The van der Waals surface area contributed by atoms with Gasteiger partial charge in [-0.3, -0.25) is 9.36 Å². The number of esters is 1. The Morgan fingerprint density at radius 1 is 1.17 bits per heavy atom. The van der Waals surface area contributed by atoms with Gasteiger partial charge in [0.2, 0.25) is 0 Å². The van der Waals surface area contributed by atoms with E-state index in [4.69, 9.17) is 4.74 Å². The van der Waals surface area contributed by atoms with Crippen molar-refractivity contribution >= 4 is 34.3 Å². The Morgan fingerprint density at radius 3 is 2.58 bits per heavy atom. The topological polar surface area (TPSA) is 76.4 Å². The van der Waals surface area contributed by atoms with Crippen molar-refractivity contribution in [3.63, 3.8) is 0 Å². The Kier molecular flexibility index (Phi) is 6.26. The number of nitrogens with one attached hydrogen (secondary N) is 1. The Hall–Kier alpha value is -3.71. The Morgan fingerprint density at radius 2 is 1.89 bits per heavy atom. The van der Waals surface area contributed by atoms with Gasteiger partial charge in [-0.05, 0) is 50.0 Å². The third-order valence-corrected chi connectivity index (χ3v) is 7.64. The fraction of sp³-hybridized carbons (Fsp3) is 0.276. The first-order chi connectivity index (χ1) is 17.3. The highest BCUT2D eigenvalue weighted by atomic mass is 32.1. The number of carbonyl (C=O) groups excluding carboxylic acids is 1. The molecule has 1 atom stereocenters. The lowest BCUT2D eigenvalue weighted by Gasteiger charge is -2.25. The zero-order valence-electron chi connectivity index (χ0n) is 21.1. The van der Waals surface area contributed by atoms with Gasteiger partial charge in [0.25, 0.3) is 5.56 Å². The van der Waals surface area contributed by atoms with Crippen LogP contribution in [0.4, 0.5) is 0 Å². The number of allylic oxidation sites excluding steroid dienone is 1. The molecule has 2 aromatic heterocycles. The van der Waals surface area contributed by atoms with Crippen LogP contribution in [0.25, 0.3) is 17.0 Å². The van der Waals surface area contributed by atoms with Crippen LogP contribution in [-0.2, 0) is 9.53 Å². The molecule has 0 fully saturated rings. The normalized spacial score (nSPS) is 15.9. The molecule has 0 bridgehead atoms. The first kappa shape index (κ1) is 24.0. The van der Waals surface area contributed by atoms with Gasteiger partial charge >= 0.3 is 5.97 Å². The number of carbonyl (C=O) groups is 1. The van der Waals surface area contributed by atoms with E-state index in [2.05, 4.69) is 36.0 Å². The number of fused-ring (bicyclic) bond motifs is 2. The summed E-state index contributed by atoms with van der Waals surface area (Å²) in [6.07, 6.45) is 1.93. The van der Waals surface area contributed by atoms with E-state index in [1.807, 2.05) is 56.3 Å². The van der Waals surface area contributed by atoms with Crippen molar-refractivity contribution in [1.82, 2.24) is 9.55 Å². The van der Waals surface area contributed by atoms with Gasteiger partial charge in [-0.2, -0.15) is 0 Å². The largest absolute Gasteiger partial charge is 0.463 e. The quantitative estimate of drug-likeness (QED) is 0.404. The first-order valence-corrected chi connectivity index (χ1v) is 13.0. The summed E-state index contributed by atoms with van der Waals surface area (Å²) in [5.41, 5.74) is 5.85. The van der Waals surface area contributed by atoms with Crippen molar-refractivity contribution in [1.29, 1.82) is 0 Å². The van der Waals surface area contributed by atoms with Gasteiger partial charge in [0.05, 0.1) is 28.5 Å². The Bertz CT molecular complexity index is 1680. The molecule has 7 heteroatoms. The van der Waals surface area contributed by atoms with E-state index in [1.165, 1.54) is 16.9 Å². The summed E-state index contributed by atoms with van der Waals surface area (Å²) < 4.78 is 7.61. The predicted molar refractivity (Wildman–Crippen MR) is 144 cm³/mol. The number of nitrogens with zero attached hydrogens (tertiary/aromatic N) is 2. The lowest BCUT2D eigenvalue weighted by atomic mass is 9.93. The van der Waals surface area contributed by atoms with E-state index in [1.54, 1.807) is 11.5 Å². The van der Waals surface area contributed by atoms with Crippen LogP contribution in [0.5, 0.6) is 0 Å². The number of thiazole rings is 1. The number of H-pyrrole nitrogens is 1. The number of ether oxygens (including phenoxy) is 1. The number of para-hydroxylation sites is 1. The molecule has 1 aliphatic heterocycles. The molecule has 0 amide bonds. The van der Waals surface area contributed by atoms with Crippen LogP contribution in [0, 0.1) is 6.92 Å². The van der Waals surface area contributed by atoms with E-state index >= 15 is 0 Å². The number of aromatic amines is 1. The van der Waals surface area contributed by atoms with Gasteiger partial charge in [0.15, 0.2) is 4.80 Å². The van der Waals surface area contributed by atoms with E-state index in [9.17, 15) is 9.59 Å². The van der Waals surface area contributed by atoms with Gasteiger partial charge < -0.3 is 9.72 Å². The Labute approximate surface area is 213 Å². The van der Waals surface area contributed by atoms with Crippen molar-refractivity contribution in [2.75, 3.05) is 6.61 Å². The second-order valence-corrected chi connectivity index (χ2v) is 10.3. The van der Waals surface area contributed by atoms with Gasteiger partial charge in [0, 0.05) is 22.2 Å². The zero-order valence-corrected chi connectivity index (χ0v) is 21.9. The van der Waals surface area contributed by atoms with Crippen molar-refractivity contribution in [3.8, 4) is 0 Å². The lowest BCUT2D eigenvalue weighted by molar-refractivity contribution is -0.139. The monoisotopic (exact) mass is 499 g/mol. The fourth-order valence-electron chi connectivity index (χ4n) is 4.79. The molecule has 4 aromatic rings. The second kappa shape index (κ2) is 9.39. The molecule has 5 rings (SSSR count). The van der Waals surface area contributed by atoms with Gasteiger partial charge in [-0.15, -0.1) is 0 Å². The van der Waals surface area contributed by atoms with E-state index < -0.39 is 12.0 Å². The van der Waals surface area contributed by atoms with Crippen molar-refractivity contribution in [2.45, 2.75) is 46.6 Å². The van der Waals surface area contributed by atoms with E-state index in [-0.39, 0.29) is 12.2 Å². The average molecular weight is 500 g/mol. The average Bonchev–Trinajstić information content (AvgIpc) is 3.34. The number of benzene rings is 2. The van der Waals surface area contributed by atoms with Crippen LogP contribution < -0.4 is 14.9 Å². The minimum Gasteiger partial charge on any atom is -0.463 e. The molecule has 1 aliphatic rings. The third-order valence-electron chi connectivity index (χ3n) is 6.65. The second-order valence-electron chi connectivity index (χ2n) is 9.33. The molecule has 0 saturated heterocycles. The molecule has 184 valence electrons. The number of rotatable bonds is 5. The van der Waals surface area contributed by atoms with Crippen LogP contribution in [0.1, 0.15) is 62.0 Å². The minimum absolute atomic E-state index is 0.171. The first-order valence-electron chi connectivity index (χ1n) is 12.2. The summed E-state index contributed by atoms with van der Waals surface area (Å²) in [7, 11) is 0.